The molecule has 1 aromatic rings. The molecule has 0 atom stereocenters. The highest BCUT2D eigenvalue weighted by Gasteiger charge is 2.00. The summed E-state index contributed by atoms with van der Waals surface area (Å²) in [7, 11) is 0. The Morgan fingerprint density at radius 2 is 2.27 bits per heavy atom. The van der Waals surface area contributed by atoms with Crippen molar-refractivity contribution in [3.63, 3.8) is 0 Å². The lowest BCUT2D eigenvalue weighted by molar-refractivity contribution is 0.474. The largest absolute Gasteiger partial charge is 0.504 e. The number of aromatic nitrogens is 1. The van der Waals surface area contributed by atoms with Crippen LogP contribution in [-0.2, 0) is 0 Å². The van der Waals surface area contributed by atoms with Crippen LogP contribution in [0.4, 0.5) is 5.82 Å². The molecule has 1 heterocycles. The summed E-state index contributed by atoms with van der Waals surface area (Å²) in [6.07, 6.45) is 1.64. The van der Waals surface area contributed by atoms with E-state index in [1.54, 1.807) is 18.3 Å². The third-order valence-corrected chi connectivity index (χ3v) is 1.21. The van der Waals surface area contributed by atoms with Crippen molar-refractivity contribution in [1.29, 1.82) is 0 Å². The summed E-state index contributed by atoms with van der Waals surface area (Å²) >= 11 is 0. The van der Waals surface area contributed by atoms with Gasteiger partial charge >= 0.3 is 0 Å². The van der Waals surface area contributed by atoms with Crippen LogP contribution in [0.1, 0.15) is 13.8 Å². The molecular weight excluding hydrogens is 140 g/mol. The molecule has 0 saturated carbocycles. The normalized spacial score (nSPS) is 10.1. The lowest BCUT2D eigenvalue weighted by Gasteiger charge is -2.09. The Morgan fingerprint density at radius 1 is 1.55 bits per heavy atom. The van der Waals surface area contributed by atoms with Gasteiger partial charge in [-0.05, 0) is 26.0 Å². The fraction of sp³-hybridized carbons (Fsp3) is 0.375. The van der Waals surface area contributed by atoms with Crippen molar-refractivity contribution in [3.05, 3.63) is 18.3 Å². The van der Waals surface area contributed by atoms with Gasteiger partial charge in [0.15, 0.2) is 11.6 Å². The number of hydrogen-bond donors (Lipinski definition) is 2. The summed E-state index contributed by atoms with van der Waals surface area (Å²) in [5.74, 6) is 0.740. The van der Waals surface area contributed by atoms with Gasteiger partial charge < -0.3 is 10.4 Å². The molecule has 0 saturated heterocycles. The van der Waals surface area contributed by atoms with Crippen molar-refractivity contribution in [2.45, 2.75) is 19.9 Å². The average molecular weight is 152 g/mol. The topological polar surface area (TPSA) is 45.2 Å². The van der Waals surface area contributed by atoms with E-state index in [9.17, 15) is 5.11 Å². The van der Waals surface area contributed by atoms with Gasteiger partial charge in [-0.3, -0.25) is 0 Å². The molecule has 11 heavy (non-hydrogen) atoms. The van der Waals surface area contributed by atoms with Gasteiger partial charge in [-0.2, -0.15) is 0 Å². The maximum absolute atomic E-state index is 9.23. The molecule has 1 rings (SSSR count). The molecule has 0 aromatic carbocycles. The van der Waals surface area contributed by atoms with Gasteiger partial charge in [0.25, 0.3) is 0 Å². The maximum Gasteiger partial charge on any atom is 0.168 e. The molecule has 0 aliphatic rings. The first-order valence-corrected chi connectivity index (χ1v) is 3.60. The van der Waals surface area contributed by atoms with Crippen LogP contribution < -0.4 is 5.32 Å². The number of pyridine rings is 1. The zero-order valence-electron chi connectivity index (χ0n) is 6.70. The number of rotatable bonds is 2. The van der Waals surface area contributed by atoms with Crippen LogP contribution in [0, 0.1) is 0 Å². The van der Waals surface area contributed by atoms with Crippen LogP contribution >= 0.6 is 0 Å². The first-order chi connectivity index (χ1) is 5.20. The van der Waals surface area contributed by atoms with Crippen LogP contribution in [0.3, 0.4) is 0 Å². The van der Waals surface area contributed by atoms with Gasteiger partial charge in [0.05, 0.1) is 0 Å². The van der Waals surface area contributed by atoms with E-state index in [1.807, 2.05) is 13.8 Å². The highest BCUT2D eigenvalue weighted by molar-refractivity contribution is 5.48. The Bertz CT molecular complexity index is 235. The van der Waals surface area contributed by atoms with Crippen LogP contribution in [0.15, 0.2) is 18.3 Å². The molecule has 0 aliphatic carbocycles. The van der Waals surface area contributed by atoms with E-state index in [2.05, 4.69) is 10.3 Å². The Labute approximate surface area is 66.1 Å². The second kappa shape index (κ2) is 3.23. The van der Waals surface area contributed by atoms with Gasteiger partial charge in [0.2, 0.25) is 0 Å². The molecule has 0 fully saturated rings. The molecule has 0 amide bonds. The Morgan fingerprint density at radius 3 is 2.82 bits per heavy atom. The Kier molecular flexibility index (Phi) is 2.31. The Hall–Kier alpha value is -1.25. The van der Waals surface area contributed by atoms with Crippen molar-refractivity contribution in [2.24, 2.45) is 0 Å². The molecule has 0 bridgehead atoms. The number of nitrogens with zero attached hydrogens (tertiary/aromatic N) is 1. The van der Waals surface area contributed by atoms with Crippen LogP contribution in [0.5, 0.6) is 5.75 Å². The number of hydrogen-bond acceptors (Lipinski definition) is 3. The lowest BCUT2D eigenvalue weighted by Crippen LogP contribution is -2.10. The predicted octanol–water partition coefficient (Wildman–Crippen LogP) is 1.61. The molecule has 3 nitrogen and oxygen atoms in total. The van der Waals surface area contributed by atoms with Gasteiger partial charge in [-0.1, -0.05) is 0 Å². The SMILES string of the molecule is CC(C)Nc1ncccc1O. The van der Waals surface area contributed by atoms with Gasteiger partial charge in [-0.15, -0.1) is 0 Å². The molecular formula is C8H12N2O. The van der Waals surface area contributed by atoms with E-state index in [1.165, 1.54) is 0 Å². The molecule has 0 radical (unpaired) electrons. The molecule has 0 unspecified atom stereocenters. The van der Waals surface area contributed by atoms with Gasteiger partial charge in [0.1, 0.15) is 0 Å². The molecule has 1 aromatic heterocycles. The maximum atomic E-state index is 9.23. The van der Waals surface area contributed by atoms with E-state index in [4.69, 9.17) is 0 Å². The molecule has 0 spiro atoms. The van der Waals surface area contributed by atoms with Gasteiger partial charge in [0, 0.05) is 12.2 Å². The quantitative estimate of drug-likeness (QED) is 0.676. The van der Waals surface area contributed by atoms with Crippen molar-refractivity contribution in [3.8, 4) is 5.75 Å². The third-order valence-electron chi connectivity index (χ3n) is 1.21. The first-order valence-electron chi connectivity index (χ1n) is 3.60. The lowest BCUT2D eigenvalue weighted by atomic mass is 10.3. The second-order valence-corrected chi connectivity index (χ2v) is 2.67. The Balaban J connectivity index is 2.78. The molecule has 0 aliphatic heterocycles. The standard InChI is InChI=1S/C8H12N2O/c1-6(2)10-8-7(11)4-3-5-9-8/h3-6,11H,1-2H3,(H,9,10). The van der Waals surface area contributed by atoms with Crippen molar-refractivity contribution < 1.29 is 5.11 Å². The average Bonchev–Trinajstić information content (AvgIpc) is 1.93. The third kappa shape index (κ3) is 2.11. The highest BCUT2D eigenvalue weighted by Crippen LogP contribution is 2.18. The van der Waals surface area contributed by atoms with E-state index in [0.717, 1.165) is 0 Å². The van der Waals surface area contributed by atoms with E-state index in [0.29, 0.717) is 5.82 Å². The highest BCUT2D eigenvalue weighted by atomic mass is 16.3. The molecule has 2 N–H and O–H groups in total. The van der Waals surface area contributed by atoms with E-state index in [-0.39, 0.29) is 11.8 Å². The summed E-state index contributed by atoms with van der Waals surface area (Å²) in [6.45, 7) is 3.99. The minimum atomic E-state index is 0.196. The van der Waals surface area contributed by atoms with Crippen LogP contribution in [0.2, 0.25) is 0 Å². The van der Waals surface area contributed by atoms with Gasteiger partial charge in [-0.25, -0.2) is 4.98 Å². The molecule has 3 heteroatoms. The smallest absolute Gasteiger partial charge is 0.168 e. The fourth-order valence-corrected chi connectivity index (χ4v) is 0.781. The summed E-state index contributed by atoms with van der Waals surface area (Å²) in [5, 5.41) is 12.2. The summed E-state index contributed by atoms with van der Waals surface area (Å²) in [6, 6.07) is 3.59. The van der Waals surface area contributed by atoms with Crippen molar-refractivity contribution >= 4 is 5.82 Å². The molecule has 60 valence electrons. The fourth-order valence-electron chi connectivity index (χ4n) is 0.781. The predicted molar refractivity (Wildman–Crippen MR) is 44.7 cm³/mol. The van der Waals surface area contributed by atoms with Crippen molar-refractivity contribution in [2.75, 3.05) is 5.32 Å². The first kappa shape index (κ1) is 7.85. The van der Waals surface area contributed by atoms with Crippen LogP contribution in [-0.4, -0.2) is 16.1 Å². The monoisotopic (exact) mass is 152 g/mol. The summed E-state index contributed by atoms with van der Waals surface area (Å²) in [5.41, 5.74) is 0. The van der Waals surface area contributed by atoms with Crippen LogP contribution in [0.25, 0.3) is 0 Å². The minimum absolute atomic E-state index is 0.196. The zero-order chi connectivity index (χ0) is 8.27. The zero-order valence-corrected chi connectivity index (χ0v) is 6.70. The summed E-state index contributed by atoms with van der Waals surface area (Å²) in [4.78, 5) is 3.96. The van der Waals surface area contributed by atoms with Crippen molar-refractivity contribution in [1.82, 2.24) is 4.98 Å². The minimum Gasteiger partial charge on any atom is -0.504 e. The number of aromatic hydroxyl groups is 1. The van der Waals surface area contributed by atoms with E-state index >= 15 is 0 Å². The summed E-state index contributed by atoms with van der Waals surface area (Å²) < 4.78 is 0. The second-order valence-electron chi connectivity index (χ2n) is 2.67. The number of anilines is 1. The van der Waals surface area contributed by atoms with E-state index < -0.39 is 0 Å². The number of nitrogens with one attached hydrogen (secondary N) is 1.